The van der Waals surface area contributed by atoms with Gasteiger partial charge < -0.3 is 15.5 Å². The van der Waals surface area contributed by atoms with Crippen LogP contribution in [0.3, 0.4) is 0 Å². The average Bonchev–Trinajstić information content (AvgIpc) is 3.08. The number of hydrogen-bond acceptors (Lipinski definition) is 3. The standard InChI is InChI=1S/C18H25N3O2.ClH/c1-18(17(23)20-15-8-10-19-12-15)9-5-11-21(13-18)16(22)14-6-3-2-4-7-14;/h2-4,6-7,15,19H,5,8-13H2,1H3,(H,20,23);1H. The highest BCUT2D eigenvalue weighted by molar-refractivity contribution is 5.95. The van der Waals surface area contributed by atoms with E-state index in [4.69, 9.17) is 0 Å². The predicted molar refractivity (Wildman–Crippen MR) is 96.4 cm³/mol. The van der Waals surface area contributed by atoms with Crippen molar-refractivity contribution in [1.82, 2.24) is 15.5 Å². The van der Waals surface area contributed by atoms with Crippen LogP contribution in [0.2, 0.25) is 0 Å². The van der Waals surface area contributed by atoms with Gasteiger partial charge in [-0.3, -0.25) is 9.59 Å². The van der Waals surface area contributed by atoms with E-state index in [1.54, 1.807) is 0 Å². The van der Waals surface area contributed by atoms with E-state index in [2.05, 4.69) is 10.6 Å². The summed E-state index contributed by atoms with van der Waals surface area (Å²) in [6, 6.07) is 9.53. The van der Waals surface area contributed by atoms with Gasteiger partial charge in [-0.05, 0) is 44.9 Å². The first-order valence-electron chi connectivity index (χ1n) is 8.44. The van der Waals surface area contributed by atoms with Crippen LogP contribution in [0.15, 0.2) is 30.3 Å². The Balaban J connectivity index is 0.00000208. The number of amides is 2. The molecule has 2 aliphatic heterocycles. The van der Waals surface area contributed by atoms with Gasteiger partial charge in [0.25, 0.3) is 5.91 Å². The lowest BCUT2D eigenvalue weighted by atomic mass is 9.80. The molecule has 0 bridgehead atoms. The number of carbonyl (C=O) groups is 2. The van der Waals surface area contributed by atoms with Crippen molar-refractivity contribution in [2.75, 3.05) is 26.2 Å². The zero-order chi connectivity index (χ0) is 16.3. The Labute approximate surface area is 149 Å². The van der Waals surface area contributed by atoms with Crippen LogP contribution in [0.25, 0.3) is 0 Å². The number of nitrogens with zero attached hydrogens (tertiary/aromatic N) is 1. The number of nitrogens with one attached hydrogen (secondary N) is 2. The van der Waals surface area contributed by atoms with E-state index in [-0.39, 0.29) is 30.3 Å². The summed E-state index contributed by atoms with van der Waals surface area (Å²) in [4.78, 5) is 27.2. The summed E-state index contributed by atoms with van der Waals surface area (Å²) in [7, 11) is 0. The number of piperidine rings is 1. The van der Waals surface area contributed by atoms with Crippen molar-refractivity contribution in [2.24, 2.45) is 5.41 Å². The molecule has 24 heavy (non-hydrogen) atoms. The summed E-state index contributed by atoms with van der Waals surface area (Å²) >= 11 is 0. The Bertz CT molecular complexity index is 575. The lowest BCUT2D eigenvalue weighted by Crippen LogP contribution is -2.53. The molecule has 132 valence electrons. The van der Waals surface area contributed by atoms with Crippen LogP contribution in [0.5, 0.6) is 0 Å². The lowest BCUT2D eigenvalue weighted by molar-refractivity contribution is -0.133. The molecule has 2 aliphatic rings. The first-order valence-corrected chi connectivity index (χ1v) is 8.44. The Morgan fingerprint density at radius 3 is 2.71 bits per heavy atom. The molecule has 6 heteroatoms. The van der Waals surface area contributed by atoms with Gasteiger partial charge in [0.15, 0.2) is 0 Å². The predicted octanol–water partition coefficient (Wildman–Crippen LogP) is 1.83. The third kappa shape index (κ3) is 4.08. The number of carbonyl (C=O) groups excluding carboxylic acids is 2. The van der Waals surface area contributed by atoms with Gasteiger partial charge in [-0.1, -0.05) is 18.2 Å². The molecule has 5 nitrogen and oxygen atoms in total. The lowest BCUT2D eigenvalue weighted by Gasteiger charge is -2.39. The molecule has 2 fully saturated rings. The van der Waals surface area contributed by atoms with E-state index in [9.17, 15) is 9.59 Å². The summed E-state index contributed by atoms with van der Waals surface area (Å²) in [6.45, 7) is 5.00. The van der Waals surface area contributed by atoms with Crippen molar-refractivity contribution in [3.63, 3.8) is 0 Å². The van der Waals surface area contributed by atoms with E-state index in [0.717, 1.165) is 38.9 Å². The second-order valence-electron chi connectivity index (χ2n) is 6.92. The molecule has 1 aromatic carbocycles. The zero-order valence-electron chi connectivity index (χ0n) is 14.1. The Morgan fingerprint density at radius 2 is 2.04 bits per heavy atom. The molecule has 0 radical (unpaired) electrons. The Kier molecular flexibility index (Phi) is 6.24. The van der Waals surface area contributed by atoms with Crippen LogP contribution in [-0.2, 0) is 4.79 Å². The Hall–Kier alpha value is -1.59. The monoisotopic (exact) mass is 351 g/mol. The topological polar surface area (TPSA) is 61.4 Å². The van der Waals surface area contributed by atoms with Gasteiger partial charge in [0, 0.05) is 31.2 Å². The fraction of sp³-hybridized carbons (Fsp3) is 0.556. The average molecular weight is 352 g/mol. The highest BCUT2D eigenvalue weighted by Crippen LogP contribution is 2.30. The normalized spacial score (nSPS) is 26.5. The molecular formula is C18H26ClN3O2. The minimum absolute atomic E-state index is 0. The van der Waals surface area contributed by atoms with Crippen molar-refractivity contribution in [3.05, 3.63) is 35.9 Å². The Morgan fingerprint density at radius 1 is 1.29 bits per heavy atom. The number of halogens is 1. The minimum Gasteiger partial charge on any atom is -0.352 e. The third-order valence-corrected chi connectivity index (χ3v) is 4.95. The van der Waals surface area contributed by atoms with Crippen molar-refractivity contribution < 1.29 is 9.59 Å². The fourth-order valence-electron chi connectivity index (χ4n) is 3.50. The van der Waals surface area contributed by atoms with Crippen LogP contribution in [-0.4, -0.2) is 48.9 Å². The highest BCUT2D eigenvalue weighted by atomic mass is 35.5. The third-order valence-electron chi connectivity index (χ3n) is 4.95. The number of rotatable bonds is 3. The summed E-state index contributed by atoms with van der Waals surface area (Å²) in [5.74, 6) is 0.101. The van der Waals surface area contributed by atoms with Crippen LogP contribution in [0.1, 0.15) is 36.5 Å². The maximum atomic E-state index is 12.7. The molecule has 2 saturated heterocycles. The number of hydrogen-bond donors (Lipinski definition) is 2. The zero-order valence-corrected chi connectivity index (χ0v) is 14.9. The van der Waals surface area contributed by atoms with E-state index >= 15 is 0 Å². The van der Waals surface area contributed by atoms with E-state index in [1.807, 2.05) is 42.2 Å². The van der Waals surface area contributed by atoms with Crippen molar-refractivity contribution in [1.29, 1.82) is 0 Å². The first kappa shape index (κ1) is 18.7. The van der Waals surface area contributed by atoms with Crippen molar-refractivity contribution in [2.45, 2.75) is 32.2 Å². The van der Waals surface area contributed by atoms with Gasteiger partial charge in [0.1, 0.15) is 0 Å². The molecular weight excluding hydrogens is 326 g/mol. The molecule has 2 atom stereocenters. The molecule has 0 spiro atoms. The van der Waals surface area contributed by atoms with Crippen LogP contribution >= 0.6 is 12.4 Å². The number of likely N-dealkylation sites (tertiary alicyclic amines) is 1. The largest absolute Gasteiger partial charge is 0.352 e. The van der Waals surface area contributed by atoms with Gasteiger partial charge in [-0.25, -0.2) is 0 Å². The molecule has 0 saturated carbocycles. The molecule has 3 rings (SSSR count). The van der Waals surface area contributed by atoms with Gasteiger partial charge in [0.2, 0.25) is 5.91 Å². The maximum absolute atomic E-state index is 12.7. The highest BCUT2D eigenvalue weighted by Gasteiger charge is 2.40. The van der Waals surface area contributed by atoms with Crippen LogP contribution < -0.4 is 10.6 Å². The summed E-state index contributed by atoms with van der Waals surface area (Å²) < 4.78 is 0. The van der Waals surface area contributed by atoms with Gasteiger partial charge in [0.05, 0.1) is 5.41 Å². The van der Waals surface area contributed by atoms with Crippen LogP contribution in [0, 0.1) is 5.41 Å². The van der Waals surface area contributed by atoms with Gasteiger partial charge >= 0.3 is 0 Å². The smallest absolute Gasteiger partial charge is 0.253 e. The first-order chi connectivity index (χ1) is 11.1. The number of benzene rings is 1. The minimum atomic E-state index is -0.495. The van der Waals surface area contributed by atoms with E-state index in [1.165, 1.54) is 0 Å². The molecule has 0 aromatic heterocycles. The van der Waals surface area contributed by atoms with E-state index in [0.29, 0.717) is 12.1 Å². The fourth-order valence-corrected chi connectivity index (χ4v) is 3.50. The van der Waals surface area contributed by atoms with Gasteiger partial charge in [-0.15, -0.1) is 12.4 Å². The van der Waals surface area contributed by atoms with E-state index < -0.39 is 5.41 Å². The van der Waals surface area contributed by atoms with Crippen LogP contribution in [0.4, 0.5) is 0 Å². The molecule has 1 aromatic rings. The summed E-state index contributed by atoms with van der Waals surface area (Å²) in [5.41, 5.74) is 0.197. The molecule has 2 heterocycles. The van der Waals surface area contributed by atoms with Crippen molar-refractivity contribution in [3.8, 4) is 0 Å². The maximum Gasteiger partial charge on any atom is 0.253 e. The quantitative estimate of drug-likeness (QED) is 0.873. The van der Waals surface area contributed by atoms with Crippen molar-refractivity contribution >= 4 is 24.2 Å². The SMILES string of the molecule is CC1(C(=O)NC2CCNC2)CCCN(C(=O)c2ccccc2)C1.Cl. The molecule has 2 unspecified atom stereocenters. The molecule has 2 N–H and O–H groups in total. The second kappa shape index (κ2) is 7.99. The molecule has 0 aliphatic carbocycles. The second-order valence-corrected chi connectivity index (χ2v) is 6.92. The van der Waals surface area contributed by atoms with Gasteiger partial charge in [-0.2, -0.15) is 0 Å². The summed E-state index contributed by atoms with van der Waals surface area (Å²) in [6.07, 6.45) is 2.68. The summed E-state index contributed by atoms with van der Waals surface area (Å²) in [5, 5.41) is 6.41. The molecule has 2 amide bonds.